The van der Waals surface area contributed by atoms with Crippen molar-refractivity contribution < 1.29 is 22.3 Å². The number of nitrogens with one attached hydrogen (secondary N) is 1. The van der Waals surface area contributed by atoms with Crippen molar-refractivity contribution in [1.82, 2.24) is 14.9 Å². The smallest absolute Gasteiger partial charge is 0.237 e. The average Bonchev–Trinajstić information content (AvgIpc) is 3.12. The topological polar surface area (TPSA) is 108 Å². The van der Waals surface area contributed by atoms with E-state index in [0.29, 0.717) is 28.5 Å². The fraction of sp³-hybridized carbons (Fsp3) is 0.483. The molecule has 1 spiro atoms. The number of nitrogens with zero attached hydrogens (tertiary/aromatic N) is 5. The minimum Gasteiger partial charge on any atom is -0.379 e. The summed E-state index contributed by atoms with van der Waals surface area (Å²) < 4.78 is 48.2. The maximum absolute atomic E-state index is 15.6. The molecule has 12 heteroatoms. The number of aromatic nitrogens is 2. The molecule has 1 amide bonds. The first-order valence-corrected chi connectivity index (χ1v) is 16.0. The van der Waals surface area contributed by atoms with Crippen molar-refractivity contribution in [3.8, 4) is 11.1 Å². The number of fused-ring (bicyclic) bond motifs is 4. The third kappa shape index (κ3) is 4.43. The summed E-state index contributed by atoms with van der Waals surface area (Å²) in [5.41, 5.74) is 2.63. The molecule has 0 unspecified atom stereocenters. The number of rotatable bonds is 6. The van der Waals surface area contributed by atoms with E-state index in [0.717, 1.165) is 88.1 Å². The first-order chi connectivity index (χ1) is 19.6. The van der Waals surface area contributed by atoms with E-state index in [1.165, 1.54) is 6.07 Å². The van der Waals surface area contributed by atoms with E-state index in [2.05, 4.69) is 24.5 Å². The van der Waals surface area contributed by atoms with E-state index in [1.807, 2.05) is 0 Å². The van der Waals surface area contributed by atoms with Crippen molar-refractivity contribution >= 4 is 44.0 Å². The lowest BCUT2D eigenvalue weighted by atomic mass is 9.64. The zero-order chi connectivity index (χ0) is 28.5. The van der Waals surface area contributed by atoms with Crippen LogP contribution in [0.4, 0.5) is 21.6 Å². The molecular weight excluding hydrogens is 547 g/mol. The molecule has 0 radical (unpaired) electrons. The van der Waals surface area contributed by atoms with E-state index in [-0.39, 0.29) is 11.5 Å². The monoisotopic (exact) mass is 580 g/mol. The molecule has 5 heterocycles. The Hall–Kier alpha value is -3.35. The van der Waals surface area contributed by atoms with Crippen LogP contribution in [0.2, 0.25) is 0 Å². The van der Waals surface area contributed by atoms with E-state index < -0.39 is 21.3 Å². The Morgan fingerprint density at radius 2 is 1.88 bits per heavy atom. The highest BCUT2D eigenvalue weighted by Gasteiger charge is 2.54. The van der Waals surface area contributed by atoms with Crippen LogP contribution in [-0.4, -0.2) is 88.4 Å². The van der Waals surface area contributed by atoms with E-state index >= 15 is 4.39 Å². The SMILES string of the molecule is CN1C(=O)C2(CCC2)c2c1cnc1cc(F)c(-c3cnc(N4CC(CN5CCOCC5)C4)c(NS(C)(=O)=O)c3)cc21. The fourth-order valence-corrected chi connectivity index (χ4v) is 7.40. The fourth-order valence-electron chi connectivity index (χ4n) is 6.85. The van der Waals surface area contributed by atoms with Crippen LogP contribution in [-0.2, 0) is 25.0 Å². The lowest BCUT2D eigenvalue weighted by Crippen LogP contribution is -2.53. The number of hydrogen-bond donors (Lipinski definition) is 1. The third-order valence-electron chi connectivity index (χ3n) is 9.05. The summed E-state index contributed by atoms with van der Waals surface area (Å²) in [6.07, 6.45) is 6.83. The molecule has 3 aliphatic heterocycles. The van der Waals surface area contributed by atoms with Crippen molar-refractivity contribution in [3.63, 3.8) is 0 Å². The van der Waals surface area contributed by atoms with Gasteiger partial charge in [-0.3, -0.25) is 19.4 Å². The van der Waals surface area contributed by atoms with Crippen LogP contribution < -0.4 is 14.5 Å². The van der Waals surface area contributed by atoms with Gasteiger partial charge in [0.25, 0.3) is 0 Å². The lowest BCUT2D eigenvalue weighted by molar-refractivity contribution is -0.125. The molecule has 2 aromatic heterocycles. The van der Waals surface area contributed by atoms with Crippen LogP contribution in [0.25, 0.3) is 22.0 Å². The number of hydrogen-bond acceptors (Lipinski definition) is 8. The Kier molecular flexibility index (Phi) is 6.22. The second-order valence-corrected chi connectivity index (χ2v) is 13.6. The highest BCUT2D eigenvalue weighted by molar-refractivity contribution is 7.92. The van der Waals surface area contributed by atoms with Gasteiger partial charge in [0.05, 0.1) is 48.0 Å². The van der Waals surface area contributed by atoms with Gasteiger partial charge in [0.15, 0.2) is 5.82 Å². The number of halogens is 1. The molecule has 4 aliphatic rings. The van der Waals surface area contributed by atoms with Crippen LogP contribution >= 0.6 is 0 Å². The first kappa shape index (κ1) is 26.5. The highest BCUT2D eigenvalue weighted by atomic mass is 32.2. The van der Waals surface area contributed by atoms with Gasteiger partial charge in [-0.15, -0.1) is 0 Å². The van der Waals surface area contributed by atoms with Crippen molar-refractivity contribution in [1.29, 1.82) is 0 Å². The molecule has 41 heavy (non-hydrogen) atoms. The number of amides is 1. The minimum absolute atomic E-state index is 0.0612. The number of carbonyl (C=O) groups is 1. The summed E-state index contributed by atoms with van der Waals surface area (Å²) in [4.78, 5) is 28.4. The summed E-state index contributed by atoms with van der Waals surface area (Å²) in [5, 5.41) is 0.742. The van der Waals surface area contributed by atoms with Gasteiger partial charge in [-0.05, 0) is 25.0 Å². The standard InChI is InChI=1S/C29H33FN6O4S/c1-34-25-14-31-23-12-22(30)20(11-21(23)26(25)29(28(34)37)4-3-5-29)19-10-24(33-41(2,38)39)27(32-13-19)36-16-18(17-36)15-35-6-8-40-9-7-35/h10-14,18,33H,3-9,15-17H2,1-2H3. The number of carbonyl (C=O) groups excluding carboxylic acids is 1. The van der Waals surface area contributed by atoms with Gasteiger partial charge in [-0.25, -0.2) is 17.8 Å². The molecule has 0 atom stereocenters. The molecule has 1 aromatic carbocycles. The summed E-state index contributed by atoms with van der Waals surface area (Å²) in [6.45, 7) is 5.83. The molecule has 1 aliphatic carbocycles. The lowest BCUT2D eigenvalue weighted by Gasteiger charge is -2.43. The van der Waals surface area contributed by atoms with E-state index in [9.17, 15) is 13.2 Å². The molecule has 1 saturated carbocycles. The minimum atomic E-state index is -3.61. The normalized spacial score (nSPS) is 20.8. The molecule has 10 nitrogen and oxygen atoms in total. The third-order valence-corrected chi connectivity index (χ3v) is 9.64. The molecule has 1 N–H and O–H groups in total. The Morgan fingerprint density at radius 1 is 1.12 bits per heavy atom. The van der Waals surface area contributed by atoms with E-state index in [1.54, 1.807) is 36.5 Å². The Balaban J connectivity index is 1.24. The Bertz CT molecular complexity index is 1670. The predicted octanol–water partition coefficient (Wildman–Crippen LogP) is 2.97. The summed E-state index contributed by atoms with van der Waals surface area (Å²) in [5.74, 6) is 0.556. The number of benzene rings is 1. The molecular formula is C29H33FN6O4S. The second-order valence-electron chi connectivity index (χ2n) is 11.8. The zero-order valence-electron chi connectivity index (χ0n) is 23.2. The first-order valence-electron chi connectivity index (χ1n) is 14.1. The van der Waals surface area contributed by atoms with Crippen LogP contribution in [0.3, 0.4) is 0 Å². The van der Waals surface area contributed by atoms with Gasteiger partial charge in [0.1, 0.15) is 5.82 Å². The number of ether oxygens (including phenoxy) is 1. The van der Waals surface area contributed by atoms with Gasteiger partial charge in [0.2, 0.25) is 15.9 Å². The van der Waals surface area contributed by atoms with Gasteiger partial charge in [-0.2, -0.15) is 0 Å². The Morgan fingerprint density at radius 3 is 2.56 bits per heavy atom. The maximum atomic E-state index is 15.6. The van der Waals surface area contributed by atoms with Crippen molar-refractivity contribution in [2.45, 2.75) is 24.7 Å². The van der Waals surface area contributed by atoms with Crippen molar-refractivity contribution in [2.24, 2.45) is 5.92 Å². The molecule has 3 aromatic rings. The summed E-state index contributed by atoms with van der Waals surface area (Å²) in [6, 6.07) is 4.78. The summed E-state index contributed by atoms with van der Waals surface area (Å²) in [7, 11) is -1.85. The largest absolute Gasteiger partial charge is 0.379 e. The molecule has 0 bridgehead atoms. The quantitative estimate of drug-likeness (QED) is 0.474. The van der Waals surface area contributed by atoms with Crippen molar-refractivity contribution in [2.75, 3.05) is 73.8 Å². The maximum Gasteiger partial charge on any atom is 0.237 e. The number of sulfonamides is 1. The molecule has 3 fully saturated rings. The molecule has 2 saturated heterocycles. The van der Waals surface area contributed by atoms with E-state index in [4.69, 9.17) is 4.74 Å². The Labute approximate surface area is 238 Å². The van der Waals surface area contributed by atoms with Crippen LogP contribution in [0.15, 0.2) is 30.6 Å². The average molecular weight is 581 g/mol. The van der Waals surface area contributed by atoms with Gasteiger partial charge >= 0.3 is 0 Å². The zero-order valence-corrected chi connectivity index (χ0v) is 24.0. The van der Waals surface area contributed by atoms with Gasteiger partial charge in [-0.1, -0.05) is 6.42 Å². The second kappa shape index (κ2) is 9.60. The molecule has 7 rings (SSSR count). The van der Waals surface area contributed by atoms with Crippen LogP contribution in [0.1, 0.15) is 24.8 Å². The predicted molar refractivity (Wildman–Crippen MR) is 155 cm³/mol. The number of anilines is 3. The van der Waals surface area contributed by atoms with Gasteiger partial charge < -0.3 is 14.5 Å². The van der Waals surface area contributed by atoms with Crippen LogP contribution in [0, 0.1) is 11.7 Å². The van der Waals surface area contributed by atoms with Crippen LogP contribution in [0.5, 0.6) is 0 Å². The number of pyridine rings is 2. The molecule has 216 valence electrons. The van der Waals surface area contributed by atoms with Crippen molar-refractivity contribution in [3.05, 3.63) is 42.0 Å². The highest BCUT2D eigenvalue weighted by Crippen LogP contribution is 2.55. The van der Waals surface area contributed by atoms with Gasteiger partial charge in [0, 0.05) is 80.0 Å². The number of morpholine rings is 1. The summed E-state index contributed by atoms with van der Waals surface area (Å²) >= 11 is 0. The number of likely N-dealkylation sites (N-methyl/N-ethyl adjacent to an activating group) is 1.